The fraction of sp³-hybridized carbons (Fsp3) is 0.579. The molecule has 4 heterocycles. The molecule has 0 aromatic carbocycles. The van der Waals surface area contributed by atoms with Crippen LogP contribution in [0, 0.1) is 5.92 Å². The SMILES string of the molecule is c1cnc(Nc2cnc(C3CCCN(CC4CCOCC4)C3)cn2)nc1. The lowest BCUT2D eigenvalue weighted by Crippen LogP contribution is -2.39. The monoisotopic (exact) mass is 354 g/mol. The van der Waals surface area contributed by atoms with Crippen molar-refractivity contribution in [2.24, 2.45) is 5.92 Å². The number of rotatable bonds is 5. The van der Waals surface area contributed by atoms with E-state index in [1.165, 1.54) is 38.8 Å². The Labute approximate surface area is 154 Å². The van der Waals surface area contributed by atoms with Crippen LogP contribution in [-0.4, -0.2) is 57.7 Å². The largest absolute Gasteiger partial charge is 0.381 e. The van der Waals surface area contributed by atoms with E-state index in [9.17, 15) is 0 Å². The second-order valence-electron chi connectivity index (χ2n) is 7.18. The van der Waals surface area contributed by atoms with Gasteiger partial charge in [-0.1, -0.05) is 0 Å². The Morgan fingerprint density at radius 3 is 2.65 bits per heavy atom. The van der Waals surface area contributed by atoms with E-state index in [2.05, 4.69) is 30.2 Å². The Kier molecular flexibility index (Phi) is 5.66. The summed E-state index contributed by atoms with van der Waals surface area (Å²) in [6, 6.07) is 1.79. The van der Waals surface area contributed by atoms with Crippen molar-refractivity contribution in [1.29, 1.82) is 0 Å². The average molecular weight is 354 g/mol. The molecule has 0 bridgehead atoms. The van der Waals surface area contributed by atoms with Gasteiger partial charge in [-0.2, -0.15) is 0 Å². The first-order chi connectivity index (χ1) is 12.9. The Bertz CT molecular complexity index is 674. The normalized spacial score (nSPS) is 22.2. The van der Waals surface area contributed by atoms with Gasteiger partial charge in [-0.3, -0.25) is 4.98 Å². The van der Waals surface area contributed by atoms with E-state index in [4.69, 9.17) is 4.74 Å². The van der Waals surface area contributed by atoms with Crippen molar-refractivity contribution in [3.8, 4) is 0 Å². The molecule has 1 unspecified atom stereocenters. The first-order valence-electron chi connectivity index (χ1n) is 9.53. The van der Waals surface area contributed by atoms with Crippen LogP contribution in [-0.2, 0) is 4.74 Å². The maximum atomic E-state index is 5.48. The lowest BCUT2D eigenvalue weighted by atomic mass is 9.92. The lowest BCUT2D eigenvalue weighted by Gasteiger charge is -2.35. The molecule has 2 aromatic rings. The van der Waals surface area contributed by atoms with Crippen molar-refractivity contribution in [2.45, 2.75) is 31.6 Å². The summed E-state index contributed by atoms with van der Waals surface area (Å²) in [5.41, 5.74) is 1.08. The molecule has 2 saturated heterocycles. The Hall–Kier alpha value is -2.12. The van der Waals surface area contributed by atoms with Crippen LogP contribution in [0.1, 0.15) is 37.3 Å². The van der Waals surface area contributed by atoms with Crippen LogP contribution in [0.5, 0.6) is 0 Å². The number of aromatic nitrogens is 4. The predicted molar refractivity (Wildman–Crippen MR) is 99.3 cm³/mol. The molecule has 0 amide bonds. The van der Waals surface area contributed by atoms with Crippen LogP contribution in [0.4, 0.5) is 11.8 Å². The van der Waals surface area contributed by atoms with Crippen LogP contribution in [0.25, 0.3) is 0 Å². The summed E-state index contributed by atoms with van der Waals surface area (Å²) in [6.45, 7) is 5.32. The van der Waals surface area contributed by atoms with Crippen molar-refractivity contribution < 1.29 is 4.74 Å². The summed E-state index contributed by atoms with van der Waals surface area (Å²) in [5.74, 6) is 2.47. The first-order valence-corrected chi connectivity index (χ1v) is 9.53. The second-order valence-corrected chi connectivity index (χ2v) is 7.18. The van der Waals surface area contributed by atoms with E-state index in [0.29, 0.717) is 17.7 Å². The van der Waals surface area contributed by atoms with Gasteiger partial charge in [-0.05, 0) is 44.2 Å². The van der Waals surface area contributed by atoms with Gasteiger partial charge in [0.15, 0.2) is 5.82 Å². The number of piperidine rings is 1. The molecule has 26 heavy (non-hydrogen) atoms. The average Bonchev–Trinajstić information content (AvgIpc) is 2.70. The molecule has 4 rings (SSSR count). The second kappa shape index (κ2) is 8.51. The molecular formula is C19H26N6O. The molecule has 1 atom stereocenters. The van der Waals surface area contributed by atoms with Gasteiger partial charge in [0.05, 0.1) is 18.1 Å². The number of nitrogens with one attached hydrogen (secondary N) is 1. The standard InChI is InChI=1S/C19H26N6O/c1-3-16(14-25(8-1)13-15-4-9-26-10-5-15)17-11-23-18(12-22-17)24-19-20-6-2-7-21-19/h2,6-7,11-12,15-16H,1,3-5,8-10,13-14H2,(H,20,21,23,24). The van der Waals surface area contributed by atoms with Gasteiger partial charge in [0.1, 0.15) is 0 Å². The van der Waals surface area contributed by atoms with E-state index >= 15 is 0 Å². The summed E-state index contributed by atoms with van der Waals surface area (Å²) in [4.78, 5) is 20.1. The van der Waals surface area contributed by atoms with Gasteiger partial charge < -0.3 is 15.0 Å². The smallest absolute Gasteiger partial charge is 0.228 e. The number of anilines is 2. The molecule has 0 saturated carbocycles. The van der Waals surface area contributed by atoms with Crippen LogP contribution in [0.2, 0.25) is 0 Å². The maximum absolute atomic E-state index is 5.48. The number of hydrogen-bond acceptors (Lipinski definition) is 7. The quantitative estimate of drug-likeness (QED) is 0.884. The molecule has 2 aliphatic rings. The minimum Gasteiger partial charge on any atom is -0.381 e. The first kappa shape index (κ1) is 17.3. The maximum Gasteiger partial charge on any atom is 0.228 e. The van der Waals surface area contributed by atoms with Gasteiger partial charge in [0.25, 0.3) is 0 Å². The van der Waals surface area contributed by atoms with E-state index in [-0.39, 0.29) is 0 Å². The van der Waals surface area contributed by atoms with E-state index in [1.807, 2.05) is 6.20 Å². The van der Waals surface area contributed by atoms with Gasteiger partial charge >= 0.3 is 0 Å². The van der Waals surface area contributed by atoms with Crippen molar-refractivity contribution in [1.82, 2.24) is 24.8 Å². The van der Waals surface area contributed by atoms with Gasteiger partial charge in [-0.15, -0.1) is 0 Å². The highest BCUT2D eigenvalue weighted by atomic mass is 16.5. The highest BCUT2D eigenvalue weighted by Crippen LogP contribution is 2.27. The molecule has 2 aliphatic heterocycles. The zero-order valence-corrected chi connectivity index (χ0v) is 15.0. The van der Waals surface area contributed by atoms with Crippen LogP contribution in [0.15, 0.2) is 30.9 Å². The van der Waals surface area contributed by atoms with Gasteiger partial charge in [0, 0.05) is 44.6 Å². The van der Waals surface area contributed by atoms with Crippen LogP contribution < -0.4 is 5.32 Å². The fourth-order valence-corrected chi connectivity index (χ4v) is 3.85. The molecule has 7 heteroatoms. The molecule has 2 aromatic heterocycles. The van der Waals surface area contributed by atoms with Crippen molar-refractivity contribution >= 4 is 11.8 Å². The third kappa shape index (κ3) is 4.53. The molecule has 0 aliphatic carbocycles. The minimum atomic E-state index is 0.470. The Morgan fingerprint density at radius 2 is 1.88 bits per heavy atom. The van der Waals surface area contributed by atoms with E-state index < -0.39 is 0 Å². The highest BCUT2D eigenvalue weighted by Gasteiger charge is 2.25. The van der Waals surface area contributed by atoms with E-state index in [0.717, 1.165) is 31.4 Å². The highest BCUT2D eigenvalue weighted by molar-refractivity contribution is 5.45. The zero-order chi connectivity index (χ0) is 17.6. The summed E-state index contributed by atoms with van der Waals surface area (Å²) in [7, 11) is 0. The van der Waals surface area contributed by atoms with Gasteiger partial charge in [-0.25, -0.2) is 15.0 Å². The molecule has 2 fully saturated rings. The third-order valence-corrected chi connectivity index (χ3v) is 5.26. The molecule has 0 spiro atoms. The van der Waals surface area contributed by atoms with Crippen LogP contribution in [0.3, 0.4) is 0 Å². The van der Waals surface area contributed by atoms with Crippen molar-refractivity contribution in [3.05, 3.63) is 36.5 Å². The van der Waals surface area contributed by atoms with Gasteiger partial charge in [0.2, 0.25) is 5.95 Å². The third-order valence-electron chi connectivity index (χ3n) is 5.26. The lowest BCUT2D eigenvalue weighted by molar-refractivity contribution is 0.0481. The molecule has 7 nitrogen and oxygen atoms in total. The minimum absolute atomic E-state index is 0.470. The number of ether oxygens (including phenoxy) is 1. The molecule has 138 valence electrons. The topological polar surface area (TPSA) is 76.1 Å². The molecule has 0 radical (unpaired) electrons. The van der Waals surface area contributed by atoms with E-state index in [1.54, 1.807) is 24.7 Å². The van der Waals surface area contributed by atoms with Crippen LogP contribution >= 0.6 is 0 Å². The number of nitrogens with zero attached hydrogens (tertiary/aromatic N) is 5. The summed E-state index contributed by atoms with van der Waals surface area (Å²) in [6.07, 6.45) is 11.9. The molecular weight excluding hydrogens is 328 g/mol. The summed E-state index contributed by atoms with van der Waals surface area (Å²) in [5, 5.41) is 3.08. The number of hydrogen-bond donors (Lipinski definition) is 1. The van der Waals surface area contributed by atoms with Crippen molar-refractivity contribution in [3.63, 3.8) is 0 Å². The zero-order valence-electron chi connectivity index (χ0n) is 15.0. The summed E-state index contributed by atoms with van der Waals surface area (Å²) >= 11 is 0. The molecule has 1 N–H and O–H groups in total. The number of likely N-dealkylation sites (tertiary alicyclic amines) is 1. The summed E-state index contributed by atoms with van der Waals surface area (Å²) < 4.78 is 5.48. The fourth-order valence-electron chi connectivity index (χ4n) is 3.85. The Balaban J connectivity index is 1.34. The van der Waals surface area contributed by atoms with Crippen molar-refractivity contribution in [2.75, 3.05) is 38.2 Å². The predicted octanol–water partition coefficient (Wildman–Crippen LogP) is 2.62. The Morgan fingerprint density at radius 1 is 1.04 bits per heavy atom.